The maximum absolute atomic E-state index is 11.9. The van der Waals surface area contributed by atoms with Crippen molar-refractivity contribution >= 4 is 16.2 Å². The van der Waals surface area contributed by atoms with Crippen molar-refractivity contribution < 1.29 is 26.9 Å². The van der Waals surface area contributed by atoms with Crippen molar-refractivity contribution in [3.8, 4) is 0 Å². The summed E-state index contributed by atoms with van der Waals surface area (Å²) < 4.78 is 37.0. The molecule has 8 heteroatoms. The van der Waals surface area contributed by atoms with E-state index in [1.54, 1.807) is 0 Å². The number of hydrogen-bond acceptors (Lipinski definition) is 6. The van der Waals surface area contributed by atoms with Crippen LogP contribution in [0.5, 0.6) is 0 Å². The van der Waals surface area contributed by atoms with Crippen molar-refractivity contribution in [1.29, 1.82) is 0 Å². The van der Waals surface area contributed by atoms with E-state index in [4.69, 9.17) is 13.7 Å². The molecule has 0 aromatic carbocycles. The highest BCUT2D eigenvalue weighted by atomic mass is 32.2. The summed E-state index contributed by atoms with van der Waals surface area (Å²) in [6.45, 7) is 3.30. The molecule has 1 unspecified atom stereocenters. The van der Waals surface area contributed by atoms with Gasteiger partial charge in [0.15, 0.2) is 0 Å². The zero-order chi connectivity index (χ0) is 14.3. The summed E-state index contributed by atoms with van der Waals surface area (Å²) in [6.07, 6.45) is 2.27. The summed E-state index contributed by atoms with van der Waals surface area (Å²) in [5, 5.41) is 0. The van der Waals surface area contributed by atoms with E-state index >= 15 is 0 Å². The van der Waals surface area contributed by atoms with E-state index in [2.05, 4.69) is 0 Å². The fraction of sp³-hybridized carbons (Fsp3) is 0.909. The minimum Gasteiger partial charge on any atom is -0.449 e. The number of ether oxygens (including phenoxy) is 2. The van der Waals surface area contributed by atoms with Crippen LogP contribution in [0.3, 0.4) is 0 Å². The van der Waals surface area contributed by atoms with Crippen molar-refractivity contribution in [2.24, 2.45) is 0 Å². The quantitative estimate of drug-likeness (QED) is 0.527. The van der Waals surface area contributed by atoms with Crippen LogP contribution in [-0.2, 0) is 23.8 Å². The van der Waals surface area contributed by atoms with Crippen LogP contribution in [0, 0.1) is 0 Å². The summed E-state index contributed by atoms with van der Waals surface area (Å²) in [6, 6.07) is -0.433. The third kappa shape index (κ3) is 6.22. The van der Waals surface area contributed by atoms with Gasteiger partial charge in [0.05, 0.1) is 38.7 Å². The number of carbonyl (C=O) groups is 1. The number of nitrogens with zero attached hydrogens (tertiary/aromatic N) is 1. The van der Waals surface area contributed by atoms with E-state index in [1.807, 2.05) is 6.92 Å². The van der Waals surface area contributed by atoms with Gasteiger partial charge in [-0.25, -0.2) is 4.79 Å². The molecule has 112 valence electrons. The number of hydrogen-bond donors (Lipinski definition) is 0. The Morgan fingerprint density at radius 1 is 1.47 bits per heavy atom. The summed E-state index contributed by atoms with van der Waals surface area (Å²) in [5.41, 5.74) is 0. The van der Waals surface area contributed by atoms with Gasteiger partial charge in [0.1, 0.15) is 0 Å². The molecular formula is C11H21NO6S. The average molecular weight is 295 g/mol. The molecule has 1 aliphatic rings. The van der Waals surface area contributed by atoms with Crippen LogP contribution < -0.4 is 0 Å². The fourth-order valence-electron chi connectivity index (χ4n) is 1.62. The normalized spacial score (nSPS) is 20.3. The van der Waals surface area contributed by atoms with E-state index in [0.29, 0.717) is 19.8 Å². The van der Waals surface area contributed by atoms with E-state index < -0.39 is 22.3 Å². The standard InChI is InChI=1S/C11H21NO6S/c1-3-4-6-17-11(13)12-5-7-16-8-10(12)9-18-19(2,14)15/h10H,3-9H2,1-2H3. The predicted octanol–water partition coefficient (Wildman–Crippen LogP) is 0.600. The first kappa shape index (κ1) is 16.2. The monoisotopic (exact) mass is 295 g/mol. The van der Waals surface area contributed by atoms with Crippen LogP contribution in [0.4, 0.5) is 4.79 Å². The van der Waals surface area contributed by atoms with Gasteiger partial charge in [0, 0.05) is 6.54 Å². The minimum absolute atomic E-state index is 0.109. The highest BCUT2D eigenvalue weighted by molar-refractivity contribution is 7.85. The molecule has 1 saturated heterocycles. The van der Waals surface area contributed by atoms with Gasteiger partial charge in [0.2, 0.25) is 0 Å². The Labute approximate surface area is 113 Å². The lowest BCUT2D eigenvalue weighted by Crippen LogP contribution is -2.51. The van der Waals surface area contributed by atoms with Gasteiger partial charge < -0.3 is 9.47 Å². The van der Waals surface area contributed by atoms with Crippen molar-refractivity contribution in [2.45, 2.75) is 25.8 Å². The van der Waals surface area contributed by atoms with Gasteiger partial charge in [-0.05, 0) is 6.42 Å². The lowest BCUT2D eigenvalue weighted by atomic mass is 10.2. The van der Waals surface area contributed by atoms with Crippen LogP contribution >= 0.6 is 0 Å². The molecule has 1 heterocycles. The zero-order valence-corrected chi connectivity index (χ0v) is 12.1. The molecule has 0 N–H and O–H groups in total. The van der Waals surface area contributed by atoms with Gasteiger partial charge in [-0.2, -0.15) is 8.42 Å². The number of amides is 1. The van der Waals surface area contributed by atoms with E-state index in [1.165, 1.54) is 4.90 Å². The van der Waals surface area contributed by atoms with E-state index in [0.717, 1.165) is 19.1 Å². The lowest BCUT2D eigenvalue weighted by molar-refractivity contribution is -0.0218. The SMILES string of the molecule is CCCCOC(=O)N1CCOCC1COS(C)(=O)=O. The number of carbonyl (C=O) groups excluding carboxylic acids is 1. The molecule has 0 aromatic heterocycles. The summed E-state index contributed by atoms with van der Waals surface area (Å²) in [4.78, 5) is 13.3. The van der Waals surface area contributed by atoms with E-state index in [9.17, 15) is 13.2 Å². The molecule has 1 amide bonds. The van der Waals surface area contributed by atoms with Gasteiger partial charge >= 0.3 is 6.09 Å². The Bertz CT molecular complexity index is 383. The molecule has 1 fully saturated rings. The molecule has 1 rings (SSSR count). The molecule has 7 nitrogen and oxygen atoms in total. The lowest BCUT2D eigenvalue weighted by Gasteiger charge is -2.34. The third-order valence-corrected chi connectivity index (χ3v) is 3.22. The molecule has 1 atom stereocenters. The first-order valence-corrected chi connectivity index (χ1v) is 8.11. The number of rotatable bonds is 6. The average Bonchev–Trinajstić information content (AvgIpc) is 2.36. The predicted molar refractivity (Wildman–Crippen MR) is 68.4 cm³/mol. The summed E-state index contributed by atoms with van der Waals surface area (Å²) >= 11 is 0. The van der Waals surface area contributed by atoms with Crippen LogP contribution in [0.1, 0.15) is 19.8 Å². The van der Waals surface area contributed by atoms with Crippen LogP contribution in [0.2, 0.25) is 0 Å². The largest absolute Gasteiger partial charge is 0.449 e. The maximum atomic E-state index is 11.9. The topological polar surface area (TPSA) is 82.1 Å². The molecule has 1 aliphatic heterocycles. The second-order valence-corrected chi connectivity index (χ2v) is 6.02. The molecule has 0 bridgehead atoms. The van der Waals surface area contributed by atoms with Gasteiger partial charge in [-0.3, -0.25) is 9.08 Å². The molecule has 0 saturated carbocycles. The van der Waals surface area contributed by atoms with Crippen molar-refractivity contribution in [3.05, 3.63) is 0 Å². The number of unbranched alkanes of at least 4 members (excludes halogenated alkanes) is 1. The Hall–Kier alpha value is -0.860. The second kappa shape index (κ2) is 7.66. The second-order valence-electron chi connectivity index (χ2n) is 4.38. The molecular weight excluding hydrogens is 274 g/mol. The van der Waals surface area contributed by atoms with Gasteiger partial charge in [-0.15, -0.1) is 0 Å². The maximum Gasteiger partial charge on any atom is 0.410 e. The number of morpholine rings is 1. The highest BCUT2D eigenvalue weighted by Gasteiger charge is 2.29. The highest BCUT2D eigenvalue weighted by Crippen LogP contribution is 2.10. The minimum atomic E-state index is -3.53. The molecule has 0 radical (unpaired) electrons. The van der Waals surface area contributed by atoms with Crippen LogP contribution in [0.15, 0.2) is 0 Å². The van der Waals surface area contributed by atoms with Gasteiger partial charge in [0.25, 0.3) is 10.1 Å². The first-order chi connectivity index (χ1) is 8.94. The molecule has 0 spiro atoms. The fourth-order valence-corrected chi connectivity index (χ4v) is 2.03. The van der Waals surface area contributed by atoms with Gasteiger partial charge in [-0.1, -0.05) is 13.3 Å². The van der Waals surface area contributed by atoms with Crippen molar-refractivity contribution in [1.82, 2.24) is 4.90 Å². The summed E-state index contributed by atoms with van der Waals surface area (Å²) in [7, 11) is -3.53. The molecule has 0 aliphatic carbocycles. The Kier molecular flexibility index (Phi) is 6.53. The molecule has 0 aromatic rings. The Balaban J connectivity index is 2.49. The van der Waals surface area contributed by atoms with Crippen LogP contribution in [-0.4, -0.2) is 64.7 Å². The van der Waals surface area contributed by atoms with Crippen LogP contribution in [0.25, 0.3) is 0 Å². The van der Waals surface area contributed by atoms with E-state index in [-0.39, 0.29) is 13.2 Å². The van der Waals surface area contributed by atoms with Crippen molar-refractivity contribution in [3.63, 3.8) is 0 Å². The molecule has 19 heavy (non-hydrogen) atoms. The Morgan fingerprint density at radius 2 is 2.21 bits per heavy atom. The first-order valence-electron chi connectivity index (χ1n) is 6.29. The Morgan fingerprint density at radius 3 is 2.84 bits per heavy atom. The smallest absolute Gasteiger partial charge is 0.410 e. The zero-order valence-electron chi connectivity index (χ0n) is 11.3. The summed E-state index contributed by atoms with van der Waals surface area (Å²) in [5.74, 6) is 0. The van der Waals surface area contributed by atoms with Crippen molar-refractivity contribution in [2.75, 3.05) is 39.2 Å². The third-order valence-electron chi connectivity index (χ3n) is 2.66.